The van der Waals surface area contributed by atoms with Crippen molar-refractivity contribution in [2.45, 2.75) is 33.1 Å². The van der Waals surface area contributed by atoms with Gasteiger partial charge in [0.05, 0.1) is 17.9 Å². The van der Waals surface area contributed by atoms with Gasteiger partial charge >= 0.3 is 5.91 Å². The standard InChI is InChI=1S/C25H28N2O4/c1-17(2)16-31-21-12-6-18(7-13-21)22-23(28)25(30)27(24(22)29)20-10-8-19(9-11-20)26-14-4-3-5-15-26/h6-13,17,28H,3-5,14-16H2,1-2H3. The number of ether oxygens (including phenoxy) is 1. The lowest BCUT2D eigenvalue weighted by Crippen LogP contribution is -2.32. The molecule has 2 aromatic carbocycles. The number of benzene rings is 2. The summed E-state index contributed by atoms with van der Waals surface area (Å²) in [5.74, 6) is -0.675. The van der Waals surface area contributed by atoms with Gasteiger partial charge in [-0.15, -0.1) is 0 Å². The van der Waals surface area contributed by atoms with E-state index in [1.165, 1.54) is 19.3 Å². The van der Waals surface area contributed by atoms with Crippen LogP contribution in [0, 0.1) is 5.92 Å². The molecular weight excluding hydrogens is 392 g/mol. The summed E-state index contributed by atoms with van der Waals surface area (Å²) in [7, 11) is 0. The number of anilines is 2. The maximum atomic E-state index is 13.1. The molecule has 0 radical (unpaired) electrons. The highest BCUT2D eigenvalue weighted by Crippen LogP contribution is 2.33. The van der Waals surface area contributed by atoms with Crippen molar-refractivity contribution >= 4 is 28.8 Å². The summed E-state index contributed by atoms with van der Waals surface area (Å²) >= 11 is 0. The molecule has 0 aromatic heterocycles. The number of amides is 2. The molecule has 6 nitrogen and oxygen atoms in total. The zero-order valence-electron chi connectivity index (χ0n) is 18.0. The number of imide groups is 1. The summed E-state index contributed by atoms with van der Waals surface area (Å²) in [6.07, 6.45) is 3.60. The van der Waals surface area contributed by atoms with Crippen LogP contribution in [0.4, 0.5) is 11.4 Å². The first-order chi connectivity index (χ1) is 15.0. The van der Waals surface area contributed by atoms with Crippen LogP contribution in [0.15, 0.2) is 54.3 Å². The average Bonchev–Trinajstić information content (AvgIpc) is 3.01. The topological polar surface area (TPSA) is 70.1 Å². The second-order valence-corrected chi connectivity index (χ2v) is 8.46. The van der Waals surface area contributed by atoms with E-state index >= 15 is 0 Å². The van der Waals surface area contributed by atoms with Crippen LogP contribution in [0.5, 0.6) is 5.75 Å². The van der Waals surface area contributed by atoms with Crippen LogP contribution in [-0.2, 0) is 9.59 Å². The van der Waals surface area contributed by atoms with Crippen LogP contribution in [-0.4, -0.2) is 36.6 Å². The van der Waals surface area contributed by atoms with Crippen molar-refractivity contribution in [2.75, 3.05) is 29.5 Å². The van der Waals surface area contributed by atoms with E-state index in [-0.39, 0.29) is 5.57 Å². The molecule has 2 aromatic rings. The van der Waals surface area contributed by atoms with Gasteiger partial charge in [0.2, 0.25) is 0 Å². The highest BCUT2D eigenvalue weighted by atomic mass is 16.5. The fraction of sp³-hybridized carbons (Fsp3) is 0.360. The number of hydrogen-bond acceptors (Lipinski definition) is 5. The Morgan fingerprint density at radius 2 is 1.48 bits per heavy atom. The largest absolute Gasteiger partial charge is 0.502 e. The fourth-order valence-electron chi connectivity index (χ4n) is 3.96. The van der Waals surface area contributed by atoms with Gasteiger partial charge in [0.25, 0.3) is 5.91 Å². The van der Waals surface area contributed by atoms with E-state index < -0.39 is 17.6 Å². The Kier molecular flexibility index (Phi) is 5.98. The minimum Gasteiger partial charge on any atom is -0.502 e. The first kappa shape index (κ1) is 21.0. The molecule has 6 heteroatoms. The van der Waals surface area contributed by atoms with E-state index in [0.29, 0.717) is 29.5 Å². The first-order valence-corrected chi connectivity index (χ1v) is 10.9. The number of aliphatic hydroxyl groups excluding tert-OH is 1. The number of carbonyl (C=O) groups excluding carboxylic acids is 2. The lowest BCUT2D eigenvalue weighted by molar-refractivity contribution is -0.121. The minimum absolute atomic E-state index is 0.0144. The maximum Gasteiger partial charge on any atom is 0.301 e. The second-order valence-electron chi connectivity index (χ2n) is 8.46. The van der Waals surface area contributed by atoms with Crippen molar-refractivity contribution in [1.82, 2.24) is 0 Å². The van der Waals surface area contributed by atoms with E-state index in [1.807, 2.05) is 12.1 Å². The third-order valence-electron chi connectivity index (χ3n) is 5.61. The molecule has 2 aliphatic rings. The number of rotatable bonds is 6. The number of piperidine rings is 1. The molecule has 2 amide bonds. The van der Waals surface area contributed by atoms with Crippen molar-refractivity contribution in [3.8, 4) is 5.75 Å². The molecule has 0 atom stereocenters. The average molecular weight is 421 g/mol. The Bertz CT molecular complexity index is 987. The van der Waals surface area contributed by atoms with Crippen molar-refractivity contribution in [2.24, 2.45) is 5.92 Å². The van der Waals surface area contributed by atoms with E-state index in [2.05, 4.69) is 18.7 Å². The third kappa shape index (κ3) is 4.29. The number of hydrogen-bond donors (Lipinski definition) is 1. The summed E-state index contributed by atoms with van der Waals surface area (Å²) < 4.78 is 5.67. The SMILES string of the molecule is CC(C)COc1ccc(C2=C(O)C(=O)N(c3ccc(N4CCCCC4)cc3)C2=O)cc1. The number of nitrogens with zero attached hydrogens (tertiary/aromatic N) is 2. The second kappa shape index (κ2) is 8.84. The molecule has 1 saturated heterocycles. The molecule has 162 valence electrons. The van der Waals surface area contributed by atoms with Gasteiger partial charge < -0.3 is 14.7 Å². The minimum atomic E-state index is -0.703. The van der Waals surface area contributed by atoms with Gasteiger partial charge in [-0.1, -0.05) is 26.0 Å². The fourth-order valence-corrected chi connectivity index (χ4v) is 3.96. The van der Waals surface area contributed by atoms with Crippen LogP contribution < -0.4 is 14.5 Å². The third-order valence-corrected chi connectivity index (χ3v) is 5.61. The Morgan fingerprint density at radius 1 is 0.871 bits per heavy atom. The molecule has 2 aliphatic heterocycles. The van der Waals surface area contributed by atoms with E-state index in [4.69, 9.17) is 4.74 Å². The molecule has 0 saturated carbocycles. The highest BCUT2D eigenvalue weighted by Gasteiger charge is 2.40. The summed E-state index contributed by atoms with van der Waals surface area (Å²) in [5, 5.41) is 10.4. The predicted octanol–water partition coefficient (Wildman–Crippen LogP) is 4.55. The molecular formula is C25H28N2O4. The summed E-state index contributed by atoms with van der Waals surface area (Å²) in [5.41, 5.74) is 2.03. The van der Waals surface area contributed by atoms with Gasteiger partial charge in [-0.3, -0.25) is 9.59 Å². The summed E-state index contributed by atoms with van der Waals surface area (Å²) in [4.78, 5) is 29.1. The van der Waals surface area contributed by atoms with Gasteiger partial charge in [-0.2, -0.15) is 0 Å². The summed E-state index contributed by atoms with van der Waals surface area (Å²) in [6.45, 7) is 6.75. The smallest absolute Gasteiger partial charge is 0.301 e. The van der Waals surface area contributed by atoms with E-state index in [9.17, 15) is 14.7 Å². The number of aliphatic hydroxyl groups is 1. The molecule has 1 fully saturated rings. The van der Waals surface area contributed by atoms with Crippen LogP contribution in [0.1, 0.15) is 38.7 Å². The lowest BCUT2D eigenvalue weighted by atomic mass is 10.1. The highest BCUT2D eigenvalue weighted by molar-refractivity contribution is 6.44. The van der Waals surface area contributed by atoms with Crippen LogP contribution in [0.2, 0.25) is 0 Å². The van der Waals surface area contributed by atoms with Crippen LogP contribution >= 0.6 is 0 Å². The van der Waals surface area contributed by atoms with Crippen molar-refractivity contribution < 1.29 is 19.4 Å². The van der Waals surface area contributed by atoms with E-state index in [0.717, 1.165) is 23.7 Å². The van der Waals surface area contributed by atoms with Gasteiger partial charge in [0, 0.05) is 18.8 Å². The monoisotopic (exact) mass is 420 g/mol. The molecule has 0 spiro atoms. The van der Waals surface area contributed by atoms with Gasteiger partial charge in [-0.05, 0) is 67.1 Å². The van der Waals surface area contributed by atoms with Crippen LogP contribution in [0.25, 0.3) is 5.57 Å². The molecule has 0 aliphatic carbocycles. The molecule has 4 rings (SSSR count). The van der Waals surface area contributed by atoms with Gasteiger partial charge in [-0.25, -0.2) is 4.90 Å². The molecule has 31 heavy (non-hydrogen) atoms. The first-order valence-electron chi connectivity index (χ1n) is 10.9. The quantitative estimate of drug-likeness (QED) is 0.694. The molecule has 0 bridgehead atoms. The van der Waals surface area contributed by atoms with E-state index in [1.54, 1.807) is 36.4 Å². The predicted molar refractivity (Wildman–Crippen MR) is 121 cm³/mol. The Labute approximate surface area is 182 Å². The van der Waals surface area contributed by atoms with Crippen molar-refractivity contribution in [3.63, 3.8) is 0 Å². The van der Waals surface area contributed by atoms with Gasteiger partial charge in [0.1, 0.15) is 5.75 Å². The zero-order valence-corrected chi connectivity index (χ0v) is 18.0. The summed E-state index contributed by atoms with van der Waals surface area (Å²) in [6, 6.07) is 14.2. The maximum absolute atomic E-state index is 13.1. The Morgan fingerprint density at radius 3 is 2.10 bits per heavy atom. The normalized spacial score (nSPS) is 17.1. The number of carbonyl (C=O) groups is 2. The van der Waals surface area contributed by atoms with Crippen LogP contribution in [0.3, 0.4) is 0 Å². The zero-order chi connectivity index (χ0) is 22.0. The Hall–Kier alpha value is -3.28. The van der Waals surface area contributed by atoms with Crippen molar-refractivity contribution in [1.29, 1.82) is 0 Å². The van der Waals surface area contributed by atoms with Gasteiger partial charge in [0.15, 0.2) is 5.76 Å². The molecule has 0 unspecified atom stereocenters. The Balaban J connectivity index is 1.52. The van der Waals surface area contributed by atoms with Crippen molar-refractivity contribution in [3.05, 3.63) is 59.9 Å². The molecule has 1 N–H and O–H groups in total. The lowest BCUT2D eigenvalue weighted by Gasteiger charge is -2.29. The molecule has 2 heterocycles.